The van der Waals surface area contributed by atoms with Gasteiger partial charge in [0.1, 0.15) is 0 Å². The summed E-state index contributed by atoms with van der Waals surface area (Å²) in [6.07, 6.45) is 6.91. The van der Waals surface area contributed by atoms with Crippen molar-refractivity contribution in [3.63, 3.8) is 0 Å². The van der Waals surface area contributed by atoms with Crippen molar-refractivity contribution >= 4 is 8.58 Å². The van der Waals surface area contributed by atoms with Crippen LogP contribution >= 0.6 is 8.58 Å². The molecule has 0 aliphatic carbocycles. The minimum Gasteiger partial charge on any atom is -0.107 e. The Kier molecular flexibility index (Phi) is 2.06. The van der Waals surface area contributed by atoms with E-state index in [2.05, 4.69) is 19.9 Å². The highest BCUT2D eigenvalue weighted by atomic mass is 31.1. The van der Waals surface area contributed by atoms with Crippen molar-refractivity contribution in [3.05, 3.63) is 11.6 Å². The van der Waals surface area contributed by atoms with Crippen LogP contribution in [0.3, 0.4) is 0 Å². The molecule has 2 heterocycles. The summed E-state index contributed by atoms with van der Waals surface area (Å²) in [5, 5.41) is 0. The largest absolute Gasteiger partial charge is 0.107 e. The summed E-state index contributed by atoms with van der Waals surface area (Å²) in [6.45, 7) is 4.63. The van der Waals surface area contributed by atoms with Crippen molar-refractivity contribution in [3.8, 4) is 0 Å². The Hall–Kier alpha value is 0.170. The first-order valence-corrected chi connectivity index (χ1v) is 5.91. The van der Waals surface area contributed by atoms with E-state index in [0.29, 0.717) is 0 Å². The second-order valence-corrected chi connectivity index (χ2v) is 5.64. The maximum atomic E-state index is 2.55. The van der Waals surface area contributed by atoms with Crippen LogP contribution in [-0.2, 0) is 0 Å². The fourth-order valence-corrected chi connectivity index (χ4v) is 4.65. The zero-order valence-electron chi connectivity index (χ0n) is 7.43. The zero-order chi connectivity index (χ0) is 7.84. The van der Waals surface area contributed by atoms with Gasteiger partial charge in [-0.2, -0.15) is 0 Å². The highest BCUT2D eigenvalue weighted by molar-refractivity contribution is 7.41. The summed E-state index contributed by atoms with van der Waals surface area (Å²) in [5.74, 6) is 1.06. The van der Waals surface area contributed by atoms with Crippen molar-refractivity contribution in [1.29, 1.82) is 0 Å². The van der Waals surface area contributed by atoms with Crippen LogP contribution < -0.4 is 0 Å². The van der Waals surface area contributed by atoms with Crippen LogP contribution in [0.25, 0.3) is 0 Å². The molecule has 4 atom stereocenters. The van der Waals surface area contributed by atoms with E-state index in [4.69, 9.17) is 0 Å². The molecule has 0 aromatic rings. The van der Waals surface area contributed by atoms with Gasteiger partial charge in [-0.15, -0.1) is 8.58 Å². The summed E-state index contributed by atoms with van der Waals surface area (Å²) in [5.41, 5.74) is 3.71. The molecule has 0 aromatic carbocycles. The maximum Gasteiger partial charge on any atom is -0.00204 e. The van der Waals surface area contributed by atoms with E-state index in [1.54, 1.807) is 5.57 Å². The SMILES string of the molecule is CCCC1CC2PC1C=C2C. The van der Waals surface area contributed by atoms with Gasteiger partial charge in [0.25, 0.3) is 0 Å². The molecule has 0 spiro atoms. The summed E-state index contributed by atoms with van der Waals surface area (Å²) in [4.78, 5) is 0. The molecule has 0 saturated carbocycles. The van der Waals surface area contributed by atoms with E-state index in [0.717, 1.165) is 17.2 Å². The third-order valence-electron chi connectivity index (χ3n) is 3.09. The molecule has 2 aliphatic rings. The first kappa shape index (κ1) is 7.80. The van der Waals surface area contributed by atoms with Gasteiger partial charge >= 0.3 is 0 Å². The molecule has 0 N–H and O–H groups in total. The fourth-order valence-electron chi connectivity index (χ4n) is 2.45. The molecule has 0 aromatic heterocycles. The first-order chi connectivity index (χ1) is 5.31. The summed E-state index contributed by atoms with van der Waals surface area (Å²) in [7, 11) is 1.25. The molecule has 1 fully saturated rings. The molecule has 4 unspecified atom stereocenters. The van der Waals surface area contributed by atoms with Crippen LogP contribution in [0.4, 0.5) is 0 Å². The Balaban J connectivity index is 2.02. The van der Waals surface area contributed by atoms with Gasteiger partial charge in [0, 0.05) is 0 Å². The number of rotatable bonds is 2. The van der Waals surface area contributed by atoms with Crippen molar-refractivity contribution in [2.75, 3.05) is 0 Å². The molecule has 0 amide bonds. The van der Waals surface area contributed by atoms with Crippen molar-refractivity contribution < 1.29 is 0 Å². The van der Waals surface area contributed by atoms with Gasteiger partial charge in [0.2, 0.25) is 0 Å². The topological polar surface area (TPSA) is 0 Å². The Morgan fingerprint density at radius 2 is 2.45 bits per heavy atom. The van der Waals surface area contributed by atoms with Crippen LogP contribution in [0, 0.1) is 5.92 Å². The average molecular weight is 168 g/mol. The van der Waals surface area contributed by atoms with Gasteiger partial charge in [-0.1, -0.05) is 25.0 Å². The summed E-state index contributed by atoms with van der Waals surface area (Å²) < 4.78 is 0. The summed E-state index contributed by atoms with van der Waals surface area (Å²) >= 11 is 0. The lowest BCUT2D eigenvalue weighted by molar-refractivity contribution is 0.472. The zero-order valence-corrected chi connectivity index (χ0v) is 8.43. The smallest absolute Gasteiger partial charge is 0.00204 e. The second kappa shape index (κ2) is 2.90. The average Bonchev–Trinajstić information content (AvgIpc) is 2.47. The third kappa shape index (κ3) is 1.26. The van der Waals surface area contributed by atoms with Gasteiger partial charge in [0.15, 0.2) is 0 Å². The van der Waals surface area contributed by atoms with E-state index in [1.807, 2.05) is 0 Å². The maximum absolute atomic E-state index is 2.55. The predicted octanol–water partition coefficient (Wildman–Crippen LogP) is 3.18. The van der Waals surface area contributed by atoms with Gasteiger partial charge < -0.3 is 0 Å². The molecule has 62 valence electrons. The van der Waals surface area contributed by atoms with Gasteiger partial charge in [-0.3, -0.25) is 0 Å². The van der Waals surface area contributed by atoms with Crippen molar-refractivity contribution in [1.82, 2.24) is 0 Å². The molecular weight excluding hydrogens is 151 g/mol. The van der Waals surface area contributed by atoms with Crippen LogP contribution in [0.1, 0.15) is 33.1 Å². The van der Waals surface area contributed by atoms with Gasteiger partial charge in [-0.25, -0.2) is 0 Å². The van der Waals surface area contributed by atoms with E-state index in [9.17, 15) is 0 Å². The molecule has 2 aliphatic heterocycles. The normalized spacial score (nSPS) is 43.5. The molecule has 2 bridgehead atoms. The Labute approximate surface area is 71.2 Å². The molecule has 2 rings (SSSR count). The Bertz CT molecular complexity index is 183. The quantitative estimate of drug-likeness (QED) is 0.439. The Morgan fingerprint density at radius 3 is 2.91 bits per heavy atom. The molecule has 1 saturated heterocycles. The molecule has 0 radical (unpaired) electrons. The van der Waals surface area contributed by atoms with E-state index >= 15 is 0 Å². The van der Waals surface area contributed by atoms with Crippen LogP contribution in [-0.4, -0.2) is 11.3 Å². The minimum atomic E-state index is 1.000. The molecule has 0 nitrogen and oxygen atoms in total. The lowest BCUT2D eigenvalue weighted by atomic mass is 9.87. The first-order valence-electron chi connectivity index (χ1n) is 4.75. The molecule has 1 heteroatoms. The monoisotopic (exact) mass is 168 g/mol. The fraction of sp³-hybridized carbons (Fsp3) is 0.800. The predicted molar refractivity (Wildman–Crippen MR) is 52.7 cm³/mol. The van der Waals surface area contributed by atoms with Crippen LogP contribution in [0.5, 0.6) is 0 Å². The highest BCUT2D eigenvalue weighted by Crippen LogP contribution is 2.54. The lowest BCUT2D eigenvalue weighted by Crippen LogP contribution is -2.12. The lowest BCUT2D eigenvalue weighted by Gasteiger charge is -2.18. The number of allylic oxidation sites excluding steroid dienone is 2. The number of hydrogen-bond donors (Lipinski definition) is 0. The number of fused-ring (bicyclic) bond motifs is 2. The molecular formula is C10H17P. The van der Waals surface area contributed by atoms with Crippen molar-refractivity contribution in [2.24, 2.45) is 5.92 Å². The van der Waals surface area contributed by atoms with Gasteiger partial charge in [0.05, 0.1) is 0 Å². The highest BCUT2D eigenvalue weighted by Gasteiger charge is 2.37. The van der Waals surface area contributed by atoms with E-state index < -0.39 is 0 Å². The number of hydrogen-bond acceptors (Lipinski definition) is 0. The molecule has 11 heavy (non-hydrogen) atoms. The van der Waals surface area contributed by atoms with Crippen LogP contribution in [0.15, 0.2) is 11.6 Å². The van der Waals surface area contributed by atoms with Crippen LogP contribution in [0.2, 0.25) is 0 Å². The standard InChI is InChI=1S/C10H17P/c1-3-4-8-6-9-7(2)5-10(8)11-9/h5,8-11H,3-4,6H2,1-2H3. The van der Waals surface area contributed by atoms with Gasteiger partial charge in [-0.05, 0) is 37.0 Å². The van der Waals surface area contributed by atoms with Crippen molar-refractivity contribution in [2.45, 2.75) is 44.4 Å². The summed E-state index contributed by atoms with van der Waals surface area (Å²) in [6, 6.07) is 0. The third-order valence-corrected chi connectivity index (χ3v) is 5.21. The van der Waals surface area contributed by atoms with E-state index in [1.165, 1.54) is 27.8 Å². The van der Waals surface area contributed by atoms with E-state index in [-0.39, 0.29) is 0 Å². The second-order valence-electron chi connectivity index (χ2n) is 3.94. The Morgan fingerprint density at radius 1 is 1.64 bits per heavy atom. The minimum absolute atomic E-state index is 1.000.